The lowest BCUT2D eigenvalue weighted by Crippen LogP contribution is -2.16. The van der Waals surface area contributed by atoms with Gasteiger partial charge in [0.1, 0.15) is 5.82 Å². The molecule has 0 unspecified atom stereocenters. The number of hydrogen-bond acceptors (Lipinski definition) is 5. The standard InChI is InChI=1S/C18H14N4O4S/c23-18(12-5-4-8-14(9-12)22(24)25)19-17-15-10-27(26)11-16(15)20-21(17)13-6-2-1-3-7-13/h1-9H,10-11H2,(H,19,23)/t27-/m0/s1. The van der Waals surface area contributed by atoms with Crippen LogP contribution in [0.2, 0.25) is 0 Å². The van der Waals surface area contributed by atoms with Crippen molar-refractivity contribution in [3.05, 3.63) is 81.5 Å². The summed E-state index contributed by atoms with van der Waals surface area (Å²) in [5.74, 6) is 0.608. The van der Waals surface area contributed by atoms with Gasteiger partial charge in [0.2, 0.25) is 0 Å². The van der Waals surface area contributed by atoms with Crippen LogP contribution in [0.4, 0.5) is 11.5 Å². The monoisotopic (exact) mass is 382 g/mol. The first-order valence-electron chi connectivity index (χ1n) is 8.10. The second-order valence-electron chi connectivity index (χ2n) is 6.01. The van der Waals surface area contributed by atoms with Crippen molar-refractivity contribution in [2.75, 3.05) is 5.32 Å². The number of carbonyl (C=O) groups is 1. The van der Waals surface area contributed by atoms with E-state index in [1.54, 1.807) is 4.68 Å². The fourth-order valence-electron chi connectivity index (χ4n) is 2.95. The summed E-state index contributed by atoms with van der Waals surface area (Å²) in [6.45, 7) is 0. The largest absolute Gasteiger partial charge is 0.306 e. The highest BCUT2D eigenvalue weighted by Crippen LogP contribution is 2.31. The van der Waals surface area contributed by atoms with Gasteiger partial charge in [-0.3, -0.25) is 19.1 Å². The zero-order chi connectivity index (χ0) is 19.0. The van der Waals surface area contributed by atoms with Crippen molar-refractivity contribution >= 4 is 28.2 Å². The maximum atomic E-state index is 12.7. The zero-order valence-corrected chi connectivity index (χ0v) is 14.8. The second-order valence-corrected chi connectivity index (χ2v) is 7.47. The zero-order valence-electron chi connectivity index (χ0n) is 14.0. The first-order valence-corrected chi connectivity index (χ1v) is 9.58. The predicted molar refractivity (Wildman–Crippen MR) is 100 cm³/mol. The summed E-state index contributed by atoms with van der Waals surface area (Å²) in [6.07, 6.45) is 0. The summed E-state index contributed by atoms with van der Waals surface area (Å²) in [5, 5.41) is 18.2. The van der Waals surface area contributed by atoms with Crippen LogP contribution in [0.15, 0.2) is 54.6 Å². The lowest BCUT2D eigenvalue weighted by molar-refractivity contribution is -0.384. The highest BCUT2D eigenvalue weighted by molar-refractivity contribution is 7.83. The van der Waals surface area contributed by atoms with E-state index in [0.29, 0.717) is 23.0 Å². The van der Waals surface area contributed by atoms with Crippen LogP contribution in [0, 0.1) is 10.1 Å². The van der Waals surface area contributed by atoms with Crippen LogP contribution in [-0.4, -0.2) is 24.8 Å². The Labute approximate surface area is 156 Å². The van der Waals surface area contributed by atoms with Gasteiger partial charge in [0.05, 0.1) is 27.8 Å². The first-order chi connectivity index (χ1) is 13.0. The Bertz CT molecular complexity index is 1080. The Morgan fingerprint density at radius 3 is 2.67 bits per heavy atom. The van der Waals surface area contributed by atoms with Crippen LogP contribution in [0.25, 0.3) is 5.69 Å². The van der Waals surface area contributed by atoms with E-state index < -0.39 is 21.6 Å². The summed E-state index contributed by atoms with van der Waals surface area (Å²) in [4.78, 5) is 23.1. The van der Waals surface area contributed by atoms with Crippen molar-refractivity contribution in [2.24, 2.45) is 0 Å². The number of non-ortho nitro benzene ring substituents is 1. The number of nitrogens with one attached hydrogen (secondary N) is 1. The number of benzene rings is 2. The Balaban J connectivity index is 1.73. The lowest BCUT2D eigenvalue weighted by atomic mass is 10.2. The van der Waals surface area contributed by atoms with Gasteiger partial charge < -0.3 is 5.32 Å². The van der Waals surface area contributed by atoms with E-state index in [0.717, 1.165) is 11.3 Å². The Kier molecular flexibility index (Phi) is 4.28. The van der Waals surface area contributed by atoms with Gasteiger partial charge in [-0.25, -0.2) is 4.68 Å². The number of fused-ring (bicyclic) bond motifs is 1. The number of rotatable bonds is 4. The highest BCUT2D eigenvalue weighted by Gasteiger charge is 2.28. The third kappa shape index (κ3) is 3.24. The van der Waals surface area contributed by atoms with Crippen LogP contribution >= 0.6 is 0 Å². The van der Waals surface area contributed by atoms with Crippen molar-refractivity contribution < 1.29 is 13.9 Å². The third-order valence-electron chi connectivity index (χ3n) is 4.22. The third-order valence-corrected chi connectivity index (χ3v) is 5.43. The smallest absolute Gasteiger partial charge is 0.270 e. The maximum Gasteiger partial charge on any atom is 0.270 e. The van der Waals surface area contributed by atoms with E-state index in [4.69, 9.17) is 0 Å². The molecule has 8 nitrogen and oxygen atoms in total. The predicted octanol–water partition coefficient (Wildman–Crippen LogP) is 2.80. The van der Waals surface area contributed by atoms with Crippen molar-refractivity contribution in [2.45, 2.75) is 11.5 Å². The van der Waals surface area contributed by atoms with Gasteiger partial charge in [0.25, 0.3) is 11.6 Å². The summed E-state index contributed by atoms with van der Waals surface area (Å²) in [6, 6.07) is 14.8. The minimum atomic E-state index is -1.05. The molecular formula is C18H14N4O4S. The number of para-hydroxylation sites is 1. The number of nitro groups is 1. The van der Waals surface area contributed by atoms with Gasteiger partial charge in [0.15, 0.2) is 0 Å². The molecule has 0 spiro atoms. The SMILES string of the molecule is O=C(Nc1c2c(nn1-c1ccccc1)C[S@@](=O)C2)c1cccc([N+](=O)[O-])c1. The van der Waals surface area contributed by atoms with Crippen LogP contribution in [0.3, 0.4) is 0 Å². The van der Waals surface area contributed by atoms with Gasteiger partial charge in [0, 0.05) is 34.1 Å². The lowest BCUT2D eigenvalue weighted by Gasteiger charge is -2.11. The molecule has 1 aromatic heterocycles. The fraction of sp³-hybridized carbons (Fsp3) is 0.111. The molecule has 0 bridgehead atoms. The van der Waals surface area contributed by atoms with Crippen LogP contribution < -0.4 is 5.32 Å². The number of nitro benzene ring substituents is 1. The molecule has 0 radical (unpaired) electrons. The minimum absolute atomic E-state index is 0.162. The molecule has 1 aliphatic heterocycles. The topological polar surface area (TPSA) is 107 Å². The summed E-state index contributed by atoms with van der Waals surface area (Å²) in [7, 11) is -1.05. The summed E-state index contributed by atoms with van der Waals surface area (Å²) in [5.41, 5.74) is 2.18. The molecule has 2 aromatic carbocycles. The van der Waals surface area contributed by atoms with E-state index in [1.807, 2.05) is 30.3 Å². The second kappa shape index (κ2) is 6.76. The number of carbonyl (C=O) groups excluding carboxylic acids is 1. The number of hydrogen-bond donors (Lipinski definition) is 1. The van der Waals surface area contributed by atoms with Crippen molar-refractivity contribution in [1.82, 2.24) is 9.78 Å². The quantitative estimate of drug-likeness (QED) is 0.551. The molecule has 1 amide bonds. The van der Waals surface area contributed by atoms with Crippen LogP contribution in [0.5, 0.6) is 0 Å². The van der Waals surface area contributed by atoms with Gasteiger partial charge in [-0.05, 0) is 18.2 Å². The van der Waals surface area contributed by atoms with E-state index >= 15 is 0 Å². The molecule has 1 atom stereocenters. The number of amides is 1. The van der Waals surface area contributed by atoms with Crippen molar-refractivity contribution in [3.8, 4) is 5.69 Å². The molecule has 4 rings (SSSR count). The Hall–Kier alpha value is -3.33. The van der Waals surface area contributed by atoms with Crippen LogP contribution in [-0.2, 0) is 22.3 Å². The van der Waals surface area contributed by atoms with Crippen molar-refractivity contribution in [1.29, 1.82) is 0 Å². The molecule has 2 heterocycles. The normalized spacial score (nSPS) is 15.3. The molecule has 27 heavy (non-hydrogen) atoms. The first kappa shape index (κ1) is 17.1. The Morgan fingerprint density at radius 1 is 1.15 bits per heavy atom. The minimum Gasteiger partial charge on any atom is -0.306 e. The molecule has 3 aromatic rings. The molecule has 0 saturated carbocycles. The maximum absolute atomic E-state index is 12.7. The number of anilines is 1. The van der Waals surface area contributed by atoms with E-state index in [2.05, 4.69) is 10.4 Å². The van der Waals surface area contributed by atoms with Gasteiger partial charge in [-0.2, -0.15) is 5.10 Å². The van der Waals surface area contributed by atoms with Crippen LogP contribution in [0.1, 0.15) is 21.6 Å². The van der Waals surface area contributed by atoms with E-state index in [-0.39, 0.29) is 11.3 Å². The highest BCUT2D eigenvalue weighted by atomic mass is 32.2. The van der Waals surface area contributed by atoms with E-state index in [1.165, 1.54) is 24.3 Å². The van der Waals surface area contributed by atoms with Gasteiger partial charge >= 0.3 is 0 Å². The molecule has 136 valence electrons. The summed E-state index contributed by atoms with van der Waals surface area (Å²) < 4.78 is 13.5. The van der Waals surface area contributed by atoms with Gasteiger partial charge in [-0.1, -0.05) is 24.3 Å². The molecule has 0 aliphatic carbocycles. The number of nitrogens with zero attached hydrogens (tertiary/aromatic N) is 3. The average molecular weight is 382 g/mol. The molecule has 1 aliphatic rings. The average Bonchev–Trinajstić information content (AvgIpc) is 3.19. The molecular weight excluding hydrogens is 368 g/mol. The molecule has 9 heteroatoms. The van der Waals surface area contributed by atoms with E-state index in [9.17, 15) is 19.1 Å². The molecule has 1 N–H and O–H groups in total. The Morgan fingerprint density at radius 2 is 1.93 bits per heavy atom. The van der Waals surface area contributed by atoms with Crippen molar-refractivity contribution in [3.63, 3.8) is 0 Å². The molecule has 0 saturated heterocycles. The summed E-state index contributed by atoms with van der Waals surface area (Å²) >= 11 is 0. The number of aromatic nitrogens is 2. The van der Waals surface area contributed by atoms with Gasteiger partial charge in [-0.15, -0.1) is 0 Å². The molecule has 0 fully saturated rings. The fourth-order valence-corrected chi connectivity index (χ4v) is 4.22.